The Hall–Kier alpha value is -1.43. The Morgan fingerprint density at radius 1 is 1.36 bits per heavy atom. The van der Waals surface area contributed by atoms with Crippen LogP contribution in [0.5, 0.6) is 0 Å². The van der Waals surface area contributed by atoms with E-state index in [1.807, 2.05) is 0 Å². The van der Waals surface area contributed by atoms with Gasteiger partial charge in [0.1, 0.15) is 13.1 Å². The molecule has 0 atom stereocenters. The van der Waals surface area contributed by atoms with E-state index in [-0.39, 0.29) is 25.4 Å². The van der Waals surface area contributed by atoms with E-state index in [1.54, 1.807) is 0 Å². The summed E-state index contributed by atoms with van der Waals surface area (Å²) < 4.78 is 0. The first-order valence-corrected chi connectivity index (χ1v) is 4.44. The molecular weight excluding hydrogens is 186 g/mol. The van der Waals surface area contributed by atoms with Crippen LogP contribution in [-0.2, 0) is 14.4 Å². The molecule has 0 aromatic heterocycles. The van der Waals surface area contributed by atoms with Gasteiger partial charge in [-0.3, -0.25) is 19.7 Å². The van der Waals surface area contributed by atoms with E-state index >= 15 is 0 Å². The standard InChI is InChI=1S/C8H13N3O3/c9-3-1-2-8(14)11-4-6(12)10-7(13)5-11/h1-5,9H2,(H,10,12,13). The van der Waals surface area contributed by atoms with Crippen LogP contribution in [0.25, 0.3) is 0 Å². The van der Waals surface area contributed by atoms with Crippen LogP contribution in [0.1, 0.15) is 12.8 Å². The van der Waals surface area contributed by atoms with Crippen molar-refractivity contribution < 1.29 is 14.4 Å². The number of carbonyl (C=O) groups excluding carboxylic acids is 3. The van der Waals surface area contributed by atoms with Crippen molar-refractivity contribution in [3.05, 3.63) is 0 Å². The fraction of sp³-hybridized carbons (Fsp3) is 0.625. The second-order valence-corrected chi connectivity index (χ2v) is 3.11. The SMILES string of the molecule is NCCCC(=O)N1CC(=O)NC(=O)C1. The van der Waals surface area contributed by atoms with Gasteiger partial charge < -0.3 is 10.6 Å². The number of hydrogen-bond acceptors (Lipinski definition) is 4. The van der Waals surface area contributed by atoms with Crippen molar-refractivity contribution in [3.8, 4) is 0 Å². The maximum atomic E-state index is 11.4. The molecule has 0 aliphatic carbocycles. The number of piperazine rings is 1. The maximum absolute atomic E-state index is 11.4. The van der Waals surface area contributed by atoms with E-state index in [1.165, 1.54) is 4.90 Å². The van der Waals surface area contributed by atoms with Crippen molar-refractivity contribution in [2.24, 2.45) is 5.73 Å². The summed E-state index contributed by atoms with van der Waals surface area (Å²) in [5, 5.41) is 2.12. The van der Waals surface area contributed by atoms with Gasteiger partial charge in [-0.05, 0) is 13.0 Å². The van der Waals surface area contributed by atoms with Crippen LogP contribution in [-0.4, -0.2) is 42.3 Å². The smallest absolute Gasteiger partial charge is 0.246 e. The molecule has 0 spiro atoms. The Morgan fingerprint density at radius 3 is 2.43 bits per heavy atom. The number of nitrogens with one attached hydrogen (secondary N) is 1. The second kappa shape index (κ2) is 4.71. The van der Waals surface area contributed by atoms with Gasteiger partial charge >= 0.3 is 0 Å². The molecule has 1 saturated heterocycles. The third-order valence-electron chi connectivity index (χ3n) is 1.90. The van der Waals surface area contributed by atoms with Crippen molar-refractivity contribution in [2.75, 3.05) is 19.6 Å². The van der Waals surface area contributed by atoms with Crippen molar-refractivity contribution in [3.63, 3.8) is 0 Å². The van der Waals surface area contributed by atoms with E-state index < -0.39 is 11.8 Å². The van der Waals surface area contributed by atoms with Crippen LogP contribution >= 0.6 is 0 Å². The molecule has 0 bridgehead atoms. The average molecular weight is 199 g/mol. The highest BCUT2D eigenvalue weighted by atomic mass is 16.2. The molecule has 1 heterocycles. The molecule has 14 heavy (non-hydrogen) atoms. The number of nitrogens with zero attached hydrogens (tertiary/aromatic N) is 1. The molecule has 0 unspecified atom stereocenters. The lowest BCUT2D eigenvalue weighted by Crippen LogP contribution is -2.53. The van der Waals surface area contributed by atoms with Crippen LogP contribution in [0.2, 0.25) is 0 Å². The molecule has 6 nitrogen and oxygen atoms in total. The highest BCUT2D eigenvalue weighted by Crippen LogP contribution is 2.00. The Kier molecular flexibility index (Phi) is 3.58. The molecule has 0 saturated carbocycles. The quantitative estimate of drug-likeness (QED) is 0.525. The van der Waals surface area contributed by atoms with Crippen LogP contribution in [0, 0.1) is 0 Å². The number of amides is 3. The summed E-state index contributed by atoms with van der Waals surface area (Å²) in [4.78, 5) is 34.5. The third kappa shape index (κ3) is 2.81. The summed E-state index contributed by atoms with van der Waals surface area (Å²) in [6.45, 7) is 0.365. The molecule has 78 valence electrons. The number of imide groups is 1. The minimum absolute atomic E-state index is 0.0326. The molecular formula is C8H13N3O3. The molecule has 1 fully saturated rings. The summed E-state index contributed by atoms with van der Waals surface area (Å²) >= 11 is 0. The summed E-state index contributed by atoms with van der Waals surface area (Å²) in [6, 6.07) is 0. The number of nitrogens with two attached hydrogens (primary N) is 1. The van der Waals surface area contributed by atoms with Crippen LogP contribution in [0.15, 0.2) is 0 Å². The molecule has 6 heteroatoms. The largest absolute Gasteiger partial charge is 0.330 e. The Bertz CT molecular complexity index is 249. The lowest BCUT2D eigenvalue weighted by atomic mass is 10.2. The first-order chi connectivity index (χ1) is 6.63. The fourth-order valence-electron chi connectivity index (χ4n) is 1.22. The highest BCUT2D eigenvalue weighted by molar-refractivity contribution is 6.02. The molecule has 0 aromatic rings. The molecule has 3 N–H and O–H groups in total. The van der Waals surface area contributed by atoms with E-state index in [0.717, 1.165) is 0 Å². The number of rotatable bonds is 3. The molecule has 1 aliphatic heterocycles. The Morgan fingerprint density at radius 2 is 1.93 bits per heavy atom. The first kappa shape index (κ1) is 10.6. The van der Waals surface area contributed by atoms with Gasteiger partial charge in [0.05, 0.1) is 0 Å². The summed E-state index contributed by atoms with van der Waals surface area (Å²) in [6.07, 6.45) is 0.863. The number of hydrogen-bond donors (Lipinski definition) is 2. The van der Waals surface area contributed by atoms with Gasteiger partial charge in [-0.25, -0.2) is 0 Å². The summed E-state index contributed by atoms with van der Waals surface area (Å²) in [7, 11) is 0. The van der Waals surface area contributed by atoms with E-state index in [9.17, 15) is 14.4 Å². The van der Waals surface area contributed by atoms with Crippen molar-refractivity contribution >= 4 is 17.7 Å². The maximum Gasteiger partial charge on any atom is 0.246 e. The molecule has 0 radical (unpaired) electrons. The zero-order valence-corrected chi connectivity index (χ0v) is 7.78. The summed E-state index contributed by atoms with van der Waals surface area (Å²) in [5.41, 5.74) is 5.24. The first-order valence-electron chi connectivity index (χ1n) is 4.44. The van der Waals surface area contributed by atoms with Crippen molar-refractivity contribution in [1.29, 1.82) is 0 Å². The normalized spacial score (nSPS) is 16.8. The predicted octanol–water partition coefficient (Wildman–Crippen LogP) is -1.79. The van der Waals surface area contributed by atoms with Gasteiger partial charge in [-0.2, -0.15) is 0 Å². The van der Waals surface area contributed by atoms with Crippen LogP contribution in [0.3, 0.4) is 0 Å². The zero-order valence-electron chi connectivity index (χ0n) is 7.78. The van der Waals surface area contributed by atoms with Gasteiger partial charge in [-0.1, -0.05) is 0 Å². The van der Waals surface area contributed by atoms with Crippen LogP contribution < -0.4 is 11.1 Å². The van der Waals surface area contributed by atoms with Gasteiger partial charge in [0.2, 0.25) is 17.7 Å². The highest BCUT2D eigenvalue weighted by Gasteiger charge is 2.25. The average Bonchev–Trinajstić information content (AvgIpc) is 2.12. The second-order valence-electron chi connectivity index (χ2n) is 3.11. The fourth-order valence-corrected chi connectivity index (χ4v) is 1.22. The molecule has 0 aromatic carbocycles. The van der Waals surface area contributed by atoms with E-state index in [2.05, 4.69) is 5.32 Å². The van der Waals surface area contributed by atoms with Gasteiger partial charge in [0.15, 0.2) is 0 Å². The van der Waals surface area contributed by atoms with E-state index in [4.69, 9.17) is 5.73 Å². The van der Waals surface area contributed by atoms with Gasteiger partial charge in [0, 0.05) is 6.42 Å². The zero-order chi connectivity index (χ0) is 10.6. The molecule has 3 amide bonds. The van der Waals surface area contributed by atoms with Gasteiger partial charge in [0.25, 0.3) is 0 Å². The van der Waals surface area contributed by atoms with Gasteiger partial charge in [-0.15, -0.1) is 0 Å². The molecule has 1 aliphatic rings. The molecule has 1 rings (SSSR count). The Balaban J connectivity index is 2.46. The topological polar surface area (TPSA) is 92.5 Å². The monoisotopic (exact) mass is 199 g/mol. The lowest BCUT2D eigenvalue weighted by Gasteiger charge is -2.25. The van der Waals surface area contributed by atoms with E-state index in [0.29, 0.717) is 13.0 Å². The summed E-state index contributed by atoms with van der Waals surface area (Å²) in [5.74, 6) is -1.05. The Labute approximate surface area is 81.4 Å². The minimum atomic E-state index is -0.428. The van der Waals surface area contributed by atoms with Crippen LogP contribution in [0.4, 0.5) is 0 Å². The van der Waals surface area contributed by atoms with Crippen molar-refractivity contribution in [2.45, 2.75) is 12.8 Å². The number of carbonyl (C=O) groups is 3. The third-order valence-corrected chi connectivity index (χ3v) is 1.90. The predicted molar refractivity (Wildman–Crippen MR) is 48.0 cm³/mol. The van der Waals surface area contributed by atoms with Crippen molar-refractivity contribution in [1.82, 2.24) is 10.2 Å². The lowest BCUT2D eigenvalue weighted by molar-refractivity contribution is -0.145. The minimum Gasteiger partial charge on any atom is -0.330 e.